The molecule has 0 heterocycles. The summed E-state index contributed by atoms with van der Waals surface area (Å²) in [4.78, 5) is 11.6. The molecule has 1 rings (SSSR count). The minimum atomic E-state index is -0.312. The summed E-state index contributed by atoms with van der Waals surface area (Å²) in [6.07, 6.45) is -0.103. The van der Waals surface area contributed by atoms with Crippen molar-refractivity contribution in [3.8, 4) is 0 Å². The largest absolute Gasteiger partial charge is 0.459 e. The van der Waals surface area contributed by atoms with Crippen molar-refractivity contribution < 1.29 is 9.53 Å². The lowest BCUT2D eigenvalue weighted by atomic mass is 10.2. The Kier molecular flexibility index (Phi) is 4.13. The van der Waals surface area contributed by atoms with Gasteiger partial charge < -0.3 is 4.74 Å². The minimum absolute atomic E-state index is 0.103. The van der Waals surface area contributed by atoms with E-state index in [0.717, 1.165) is 8.95 Å². The van der Waals surface area contributed by atoms with Crippen molar-refractivity contribution >= 4 is 37.8 Å². The highest BCUT2D eigenvalue weighted by molar-refractivity contribution is 9.13. The van der Waals surface area contributed by atoms with Crippen LogP contribution >= 0.6 is 31.9 Å². The zero-order valence-electron chi connectivity index (χ0n) is 7.88. The summed E-state index contributed by atoms with van der Waals surface area (Å²) in [7, 11) is 0. The minimum Gasteiger partial charge on any atom is -0.459 e. The average molecular weight is 322 g/mol. The molecule has 0 spiro atoms. The van der Waals surface area contributed by atoms with Gasteiger partial charge in [-0.15, -0.1) is 0 Å². The van der Waals surface area contributed by atoms with Crippen molar-refractivity contribution in [1.29, 1.82) is 0 Å². The summed E-state index contributed by atoms with van der Waals surface area (Å²) in [5.41, 5.74) is 0.535. The summed E-state index contributed by atoms with van der Waals surface area (Å²) in [5.74, 6) is -0.312. The van der Waals surface area contributed by atoms with Crippen LogP contribution < -0.4 is 0 Å². The molecule has 2 nitrogen and oxygen atoms in total. The lowest BCUT2D eigenvalue weighted by molar-refractivity contribution is 0.0376. The summed E-state index contributed by atoms with van der Waals surface area (Å²) in [6, 6.07) is 5.38. The number of hydrogen-bond donors (Lipinski definition) is 0. The van der Waals surface area contributed by atoms with E-state index in [-0.39, 0.29) is 12.1 Å². The molecule has 0 saturated heterocycles. The summed E-state index contributed by atoms with van der Waals surface area (Å²) < 4.78 is 6.65. The predicted octanol–water partition coefficient (Wildman–Crippen LogP) is 3.78. The fraction of sp³-hybridized carbons (Fsp3) is 0.300. The van der Waals surface area contributed by atoms with E-state index in [1.54, 1.807) is 12.1 Å². The third kappa shape index (κ3) is 2.82. The average Bonchev–Trinajstić information content (AvgIpc) is 2.08. The zero-order chi connectivity index (χ0) is 10.7. The fourth-order valence-corrected chi connectivity index (χ4v) is 1.73. The van der Waals surface area contributed by atoms with Crippen molar-refractivity contribution in [2.24, 2.45) is 0 Å². The van der Waals surface area contributed by atoms with Crippen molar-refractivity contribution in [2.45, 2.75) is 20.0 Å². The van der Waals surface area contributed by atoms with Gasteiger partial charge in [-0.05, 0) is 57.8 Å². The Bertz CT molecular complexity index is 348. The molecule has 0 bridgehead atoms. The molecule has 1 aromatic rings. The van der Waals surface area contributed by atoms with E-state index in [4.69, 9.17) is 4.74 Å². The van der Waals surface area contributed by atoms with E-state index in [0.29, 0.717) is 5.56 Å². The van der Waals surface area contributed by atoms with Gasteiger partial charge in [0.05, 0.1) is 11.7 Å². The second kappa shape index (κ2) is 4.94. The van der Waals surface area contributed by atoms with E-state index in [1.165, 1.54) is 0 Å². The quantitative estimate of drug-likeness (QED) is 0.775. The number of esters is 1. The van der Waals surface area contributed by atoms with E-state index in [9.17, 15) is 4.79 Å². The van der Waals surface area contributed by atoms with Crippen molar-refractivity contribution in [1.82, 2.24) is 0 Å². The molecule has 0 aliphatic rings. The first kappa shape index (κ1) is 11.7. The maximum absolute atomic E-state index is 11.6. The fourth-order valence-electron chi connectivity index (χ4n) is 0.939. The topological polar surface area (TPSA) is 26.3 Å². The van der Waals surface area contributed by atoms with Crippen LogP contribution in [0.1, 0.15) is 24.2 Å². The normalized spacial score (nSPS) is 10.4. The van der Waals surface area contributed by atoms with Crippen LogP contribution in [0, 0.1) is 0 Å². The van der Waals surface area contributed by atoms with Crippen LogP contribution in [-0.4, -0.2) is 12.1 Å². The number of ether oxygens (including phenoxy) is 1. The van der Waals surface area contributed by atoms with Gasteiger partial charge in [-0.1, -0.05) is 6.07 Å². The van der Waals surface area contributed by atoms with Crippen molar-refractivity contribution in [3.05, 3.63) is 32.7 Å². The maximum Gasteiger partial charge on any atom is 0.339 e. The van der Waals surface area contributed by atoms with Gasteiger partial charge in [0.1, 0.15) is 0 Å². The zero-order valence-corrected chi connectivity index (χ0v) is 11.1. The number of carbonyl (C=O) groups excluding carboxylic acids is 1. The van der Waals surface area contributed by atoms with Crippen LogP contribution in [-0.2, 0) is 4.74 Å². The van der Waals surface area contributed by atoms with Crippen LogP contribution in [0.25, 0.3) is 0 Å². The molecule has 0 aliphatic heterocycles. The molecule has 0 fully saturated rings. The molecule has 1 aromatic carbocycles. The van der Waals surface area contributed by atoms with Gasteiger partial charge in [0.25, 0.3) is 0 Å². The Morgan fingerprint density at radius 1 is 1.36 bits per heavy atom. The lowest BCUT2D eigenvalue weighted by Gasteiger charge is -2.09. The number of hydrogen-bond acceptors (Lipinski definition) is 2. The standard InChI is InChI=1S/C10H10Br2O2/c1-6(2)14-10(13)7-4-3-5-8(11)9(7)12/h3-6H,1-2H3. The van der Waals surface area contributed by atoms with E-state index in [2.05, 4.69) is 31.9 Å². The van der Waals surface area contributed by atoms with Gasteiger partial charge in [-0.3, -0.25) is 0 Å². The number of benzene rings is 1. The van der Waals surface area contributed by atoms with Crippen molar-refractivity contribution in [3.63, 3.8) is 0 Å². The number of rotatable bonds is 2. The molecule has 76 valence electrons. The Morgan fingerprint density at radius 3 is 2.57 bits per heavy atom. The van der Waals surface area contributed by atoms with Gasteiger partial charge in [0.15, 0.2) is 0 Å². The molecule has 0 amide bonds. The SMILES string of the molecule is CC(C)OC(=O)c1cccc(Br)c1Br. The molecule has 0 unspecified atom stereocenters. The van der Waals surface area contributed by atoms with Gasteiger partial charge in [-0.2, -0.15) is 0 Å². The van der Waals surface area contributed by atoms with Crippen LogP contribution in [0.2, 0.25) is 0 Å². The van der Waals surface area contributed by atoms with Crippen LogP contribution in [0.5, 0.6) is 0 Å². The molecular weight excluding hydrogens is 312 g/mol. The second-order valence-corrected chi connectivity index (χ2v) is 4.70. The first-order valence-electron chi connectivity index (χ1n) is 4.17. The molecule has 0 radical (unpaired) electrons. The highest BCUT2D eigenvalue weighted by atomic mass is 79.9. The van der Waals surface area contributed by atoms with Gasteiger partial charge in [-0.25, -0.2) is 4.79 Å². The second-order valence-electron chi connectivity index (χ2n) is 3.06. The molecule has 0 N–H and O–H groups in total. The van der Waals surface area contributed by atoms with Gasteiger partial charge in [0.2, 0.25) is 0 Å². The van der Waals surface area contributed by atoms with Crippen molar-refractivity contribution in [2.75, 3.05) is 0 Å². The molecule has 4 heteroatoms. The number of carbonyl (C=O) groups is 1. The lowest BCUT2D eigenvalue weighted by Crippen LogP contribution is -2.12. The smallest absolute Gasteiger partial charge is 0.339 e. The first-order chi connectivity index (χ1) is 6.52. The summed E-state index contributed by atoms with van der Waals surface area (Å²) in [5, 5.41) is 0. The Labute approximate surface area is 99.9 Å². The Balaban J connectivity index is 2.96. The third-order valence-electron chi connectivity index (χ3n) is 1.51. The Morgan fingerprint density at radius 2 is 2.00 bits per heavy atom. The summed E-state index contributed by atoms with van der Waals surface area (Å²) >= 11 is 6.65. The maximum atomic E-state index is 11.6. The van der Waals surface area contributed by atoms with E-state index < -0.39 is 0 Å². The van der Waals surface area contributed by atoms with Gasteiger partial charge in [0, 0.05) is 8.95 Å². The van der Waals surface area contributed by atoms with Crippen LogP contribution in [0.15, 0.2) is 27.1 Å². The number of halogens is 2. The van der Waals surface area contributed by atoms with E-state index >= 15 is 0 Å². The van der Waals surface area contributed by atoms with Crippen LogP contribution in [0.4, 0.5) is 0 Å². The highest BCUT2D eigenvalue weighted by Gasteiger charge is 2.14. The predicted molar refractivity (Wildman–Crippen MR) is 62.4 cm³/mol. The molecule has 0 saturated carbocycles. The van der Waals surface area contributed by atoms with Gasteiger partial charge >= 0.3 is 5.97 Å². The summed E-state index contributed by atoms with van der Waals surface area (Å²) in [6.45, 7) is 3.65. The van der Waals surface area contributed by atoms with E-state index in [1.807, 2.05) is 19.9 Å². The monoisotopic (exact) mass is 320 g/mol. The highest BCUT2D eigenvalue weighted by Crippen LogP contribution is 2.27. The Hall–Kier alpha value is -0.350. The van der Waals surface area contributed by atoms with Crippen LogP contribution in [0.3, 0.4) is 0 Å². The molecule has 0 atom stereocenters. The molecule has 0 aliphatic carbocycles. The molecular formula is C10H10Br2O2. The molecule has 0 aromatic heterocycles. The molecule has 14 heavy (non-hydrogen) atoms. The first-order valence-corrected chi connectivity index (χ1v) is 5.76. The third-order valence-corrected chi connectivity index (χ3v) is 3.56.